The van der Waals surface area contributed by atoms with E-state index in [2.05, 4.69) is 25.7 Å². The summed E-state index contributed by atoms with van der Waals surface area (Å²) in [6.07, 6.45) is 28.8. The van der Waals surface area contributed by atoms with E-state index in [0.29, 0.717) is 13.2 Å². The molecule has 0 heterocycles. The van der Waals surface area contributed by atoms with Crippen molar-refractivity contribution in [1.29, 1.82) is 0 Å². The van der Waals surface area contributed by atoms with Gasteiger partial charge in [0.05, 0.1) is 13.2 Å². The number of nitrogens with zero attached hydrogens (tertiary/aromatic N) is 1. The number of unbranched alkanes of at least 4 members (excludes halogenated alkanes) is 19. The fourth-order valence-electron chi connectivity index (χ4n) is 4.81. The van der Waals surface area contributed by atoms with Gasteiger partial charge in [-0.2, -0.15) is 0 Å². The summed E-state index contributed by atoms with van der Waals surface area (Å²) in [4.78, 5) is 12.5. The van der Waals surface area contributed by atoms with Crippen LogP contribution in [0, 0.1) is 0 Å². The minimum atomic E-state index is -3.89. The second-order valence-corrected chi connectivity index (χ2v) is 12.5. The third-order valence-corrected chi connectivity index (χ3v) is 8.30. The van der Waals surface area contributed by atoms with E-state index in [-0.39, 0.29) is 0 Å². The molecule has 0 aliphatic rings. The molecule has 0 aromatic carbocycles. The highest BCUT2D eigenvalue weighted by molar-refractivity contribution is 7.47. The summed E-state index contributed by atoms with van der Waals surface area (Å²) in [5, 5.41) is 0. The van der Waals surface area contributed by atoms with Crippen LogP contribution in [0.2, 0.25) is 0 Å². The van der Waals surface area contributed by atoms with E-state index in [9.17, 15) is 9.46 Å². The Labute approximate surface area is 232 Å². The predicted octanol–water partition coefficient (Wildman–Crippen LogP) is 10.5. The summed E-state index contributed by atoms with van der Waals surface area (Å²) >= 11 is 0. The highest BCUT2D eigenvalue weighted by Gasteiger charge is 2.20. The normalized spacial score (nSPS) is 13.4. The Balaban J connectivity index is 3.99. The number of phosphoric ester groups is 1. The molecule has 0 amide bonds. The number of hydrogen-bond acceptors (Lipinski definition) is 4. The number of phosphoric acid groups is 1. The van der Waals surface area contributed by atoms with Crippen LogP contribution in [0.1, 0.15) is 168 Å². The Bertz CT molecular complexity index is 474. The Morgan fingerprint density at radius 2 is 0.730 bits per heavy atom. The fourth-order valence-corrected chi connectivity index (χ4v) is 5.61. The lowest BCUT2D eigenvalue weighted by Gasteiger charge is -2.22. The standard InChI is InChI=1S/C31H66NO4P/c1-4-7-10-13-16-18-22-27-32(28-23-19-17-14-11-8-5-2)29-24-21-26-31-36-37(33,34)35-30-25-20-15-12-9-6-3/h4-31H2,1-3H3,(H,33,34). The van der Waals surface area contributed by atoms with Crippen LogP contribution >= 0.6 is 7.82 Å². The Morgan fingerprint density at radius 3 is 1.08 bits per heavy atom. The average Bonchev–Trinajstić information content (AvgIpc) is 2.88. The molecule has 0 radical (unpaired) electrons. The van der Waals surface area contributed by atoms with Crippen LogP contribution in [0.5, 0.6) is 0 Å². The molecule has 0 aliphatic carbocycles. The molecule has 224 valence electrons. The van der Waals surface area contributed by atoms with Crippen LogP contribution in [0.15, 0.2) is 0 Å². The molecule has 0 aromatic heterocycles. The summed E-state index contributed by atoms with van der Waals surface area (Å²) < 4.78 is 22.4. The lowest BCUT2D eigenvalue weighted by atomic mass is 10.1. The molecule has 0 saturated carbocycles. The lowest BCUT2D eigenvalue weighted by molar-refractivity contribution is 0.144. The summed E-state index contributed by atoms with van der Waals surface area (Å²) in [6, 6.07) is 0. The van der Waals surface area contributed by atoms with Crippen molar-refractivity contribution in [1.82, 2.24) is 4.90 Å². The van der Waals surface area contributed by atoms with Gasteiger partial charge in [0.2, 0.25) is 0 Å². The van der Waals surface area contributed by atoms with Crippen molar-refractivity contribution in [3.63, 3.8) is 0 Å². The molecule has 0 fully saturated rings. The SMILES string of the molecule is CCCCCCCCCN(CCCCCCCCC)CCCCCOP(=O)(O)OCCCCCCCC. The molecule has 1 N–H and O–H groups in total. The van der Waals surface area contributed by atoms with Gasteiger partial charge < -0.3 is 9.79 Å². The van der Waals surface area contributed by atoms with E-state index in [1.54, 1.807) is 0 Å². The van der Waals surface area contributed by atoms with E-state index in [1.807, 2.05) is 0 Å². The maximum absolute atomic E-state index is 12.1. The predicted molar refractivity (Wildman–Crippen MR) is 161 cm³/mol. The van der Waals surface area contributed by atoms with Crippen LogP contribution in [0.25, 0.3) is 0 Å². The molecular weight excluding hydrogens is 481 g/mol. The van der Waals surface area contributed by atoms with Gasteiger partial charge in [0.1, 0.15) is 0 Å². The van der Waals surface area contributed by atoms with Crippen molar-refractivity contribution >= 4 is 7.82 Å². The molecule has 0 bridgehead atoms. The monoisotopic (exact) mass is 547 g/mol. The van der Waals surface area contributed by atoms with Gasteiger partial charge in [-0.15, -0.1) is 0 Å². The number of hydrogen-bond donors (Lipinski definition) is 1. The lowest BCUT2D eigenvalue weighted by Crippen LogP contribution is -2.27. The quantitative estimate of drug-likeness (QED) is 0.0691. The minimum absolute atomic E-state index is 0.305. The molecule has 1 unspecified atom stereocenters. The van der Waals surface area contributed by atoms with Crippen molar-refractivity contribution in [2.45, 2.75) is 168 Å². The molecule has 0 spiro atoms. The van der Waals surface area contributed by atoms with Gasteiger partial charge in [0.15, 0.2) is 0 Å². The van der Waals surface area contributed by atoms with Gasteiger partial charge >= 0.3 is 7.82 Å². The van der Waals surface area contributed by atoms with Gasteiger partial charge in [0, 0.05) is 0 Å². The van der Waals surface area contributed by atoms with Crippen molar-refractivity contribution in [2.24, 2.45) is 0 Å². The number of rotatable bonds is 31. The van der Waals surface area contributed by atoms with E-state index in [1.165, 1.54) is 129 Å². The van der Waals surface area contributed by atoms with Crippen LogP contribution in [-0.2, 0) is 13.6 Å². The Kier molecular flexibility index (Phi) is 29.1. The van der Waals surface area contributed by atoms with E-state index in [4.69, 9.17) is 9.05 Å². The third-order valence-electron chi connectivity index (χ3n) is 7.28. The van der Waals surface area contributed by atoms with E-state index >= 15 is 0 Å². The molecule has 0 saturated heterocycles. The van der Waals surface area contributed by atoms with Crippen LogP contribution < -0.4 is 0 Å². The first-order valence-electron chi connectivity index (χ1n) is 16.4. The Morgan fingerprint density at radius 1 is 0.459 bits per heavy atom. The second-order valence-electron chi connectivity index (χ2n) is 11.0. The van der Waals surface area contributed by atoms with E-state index < -0.39 is 7.82 Å². The molecule has 0 rings (SSSR count). The van der Waals surface area contributed by atoms with E-state index in [0.717, 1.165) is 38.6 Å². The molecular formula is C31H66NO4P. The first-order valence-corrected chi connectivity index (χ1v) is 17.9. The average molecular weight is 548 g/mol. The van der Waals surface area contributed by atoms with Gasteiger partial charge in [-0.3, -0.25) is 9.05 Å². The van der Waals surface area contributed by atoms with Crippen molar-refractivity contribution < 1.29 is 18.5 Å². The van der Waals surface area contributed by atoms with Crippen LogP contribution in [0.4, 0.5) is 0 Å². The van der Waals surface area contributed by atoms with Gasteiger partial charge in [-0.05, 0) is 58.2 Å². The highest BCUT2D eigenvalue weighted by Crippen LogP contribution is 2.43. The minimum Gasteiger partial charge on any atom is -0.303 e. The molecule has 0 aliphatic heterocycles. The fraction of sp³-hybridized carbons (Fsp3) is 1.00. The molecule has 37 heavy (non-hydrogen) atoms. The summed E-state index contributed by atoms with van der Waals surface area (Å²) in [5.41, 5.74) is 0. The maximum Gasteiger partial charge on any atom is 0.472 e. The zero-order valence-corrected chi connectivity index (χ0v) is 26.3. The van der Waals surface area contributed by atoms with Crippen molar-refractivity contribution in [3.05, 3.63) is 0 Å². The zero-order chi connectivity index (χ0) is 27.3. The zero-order valence-electron chi connectivity index (χ0n) is 25.4. The van der Waals surface area contributed by atoms with Crippen LogP contribution in [-0.4, -0.2) is 42.6 Å². The first kappa shape index (κ1) is 37.1. The van der Waals surface area contributed by atoms with Gasteiger partial charge in [-0.25, -0.2) is 4.57 Å². The largest absolute Gasteiger partial charge is 0.472 e. The summed E-state index contributed by atoms with van der Waals surface area (Å²) in [5.74, 6) is 0. The first-order chi connectivity index (χ1) is 18.1. The third kappa shape index (κ3) is 28.9. The Hall–Kier alpha value is 0.0700. The second kappa shape index (κ2) is 29.1. The molecule has 5 nitrogen and oxygen atoms in total. The smallest absolute Gasteiger partial charge is 0.303 e. The van der Waals surface area contributed by atoms with Crippen molar-refractivity contribution in [2.75, 3.05) is 32.8 Å². The summed E-state index contributed by atoms with van der Waals surface area (Å²) in [7, 11) is -3.89. The maximum atomic E-state index is 12.1. The molecule has 6 heteroatoms. The van der Waals surface area contributed by atoms with Crippen LogP contribution in [0.3, 0.4) is 0 Å². The van der Waals surface area contributed by atoms with Gasteiger partial charge in [0.25, 0.3) is 0 Å². The molecule has 1 atom stereocenters. The highest BCUT2D eigenvalue weighted by atomic mass is 31.2. The summed E-state index contributed by atoms with van der Waals surface area (Å²) in [6.45, 7) is 11.0. The van der Waals surface area contributed by atoms with Gasteiger partial charge in [-0.1, -0.05) is 130 Å². The molecule has 0 aromatic rings. The topological polar surface area (TPSA) is 59.0 Å². The van der Waals surface area contributed by atoms with Crippen molar-refractivity contribution in [3.8, 4) is 0 Å².